The molecule has 0 radical (unpaired) electrons. The molecular weight excluding hydrogens is 254 g/mol. The van der Waals surface area contributed by atoms with Crippen molar-refractivity contribution in [2.45, 2.75) is 0 Å². The van der Waals surface area contributed by atoms with E-state index in [2.05, 4.69) is 0 Å². The summed E-state index contributed by atoms with van der Waals surface area (Å²) >= 11 is 0. The minimum atomic E-state index is -5.39. The molecular formula is H12KMgO10P. The molecule has 0 unspecified atom stereocenters. The van der Waals surface area contributed by atoms with E-state index in [1.165, 1.54) is 0 Å². The van der Waals surface area contributed by atoms with Gasteiger partial charge in [0.05, 0.1) is 0 Å². The van der Waals surface area contributed by atoms with Gasteiger partial charge in [0.2, 0.25) is 0 Å². The van der Waals surface area contributed by atoms with E-state index >= 15 is 0 Å². The molecule has 0 aliphatic rings. The molecule has 0 spiro atoms. The molecule has 0 amide bonds. The first kappa shape index (κ1) is 79.1. The van der Waals surface area contributed by atoms with Gasteiger partial charge in [-0.3, -0.25) is 0 Å². The van der Waals surface area contributed by atoms with Crippen molar-refractivity contribution in [2.24, 2.45) is 0 Å². The van der Waals surface area contributed by atoms with Crippen LogP contribution in [-0.2, 0) is 4.57 Å². The summed E-state index contributed by atoms with van der Waals surface area (Å²) in [5.41, 5.74) is 0. The topological polar surface area (TPSA) is 275 Å². The van der Waals surface area contributed by atoms with E-state index in [-0.39, 0.29) is 107 Å². The summed E-state index contributed by atoms with van der Waals surface area (Å²) in [6, 6.07) is 0. The number of phosphoric acid groups is 1. The van der Waals surface area contributed by atoms with Crippen LogP contribution in [0, 0.1) is 0 Å². The van der Waals surface area contributed by atoms with E-state index in [1.54, 1.807) is 0 Å². The van der Waals surface area contributed by atoms with Gasteiger partial charge in [0.15, 0.2) is 0 Å². The summed E-state index contributed by atoms with van der Waals surface area (Å²) in [6.07, 6.45) is 0. The van der Waals surface area contributed by atoms with Gasteiger partial charge in [-0.25, -0.2) is 0 Å². The van der Waals surface area contributed by atoms with E-state index in [9.17, 15) is 0 Å². The van der Waals surface area contributed by atoms with Crippen molar-refractivity contribution in [1.82, 2.24) is 0 Å². The van der Waals surface area contributed by atoms with Crippen LogP contribution < -0.4 is 66.1 Å². The molecule has 0 fully saturated rings. The van der Waals surface area contributed by atoms with Crippen molar-refractivity contribution in [3.8, 4) is 0 Å². The summed E-state index contributed by atoms with van der Waals surface area (Å²) in [5.74, 6) is 0. The van der Waals surface area contributed by atoms with Gasteiger partial charge in [0.25, 0.3) is 0 Å². The van der Waals surface area contributed by atoms with Crippen molar-refractivity contribution in [3.63, 3.8) is 0 Å². The Morgan fingerprint density at radius 2 is 0.692 bits per heavy atom. The molecule has 0 heterocycles. The van der Waals surface area contributed by atoms with Gasteiger partial charge in [0, 0.05) is 0 Å². The monoisotopic (exact) mass is 266 g/mol. The van der Waals surface area contributed by atoms with E-state index in [0.717, 1.165) is 0 Å². The summed E-state index contributed by atoms with van der Waals surface area (Å²) in [6.45, 7) is 0. The first-order chi connectivity index (χ1) is 2.00. The first-order valence-corrected chi connectivity index (χ1v) is 2.19. The maximum Gasteiger partial charge on any atom is 2.00 e. The van der Waals surface area contributed by atoms with Crippen LogP contribution in [0.3, 0.4) is 0 Å². The Morgan fingerprint density at radius 1 is 0.692 bits per heavy atom. The maximum atomic E-state index is 8.55. The molecule has 0 aromatic heterocycles. The minimum Gasteiger partial charge on any atom is -0.822 e. The Bertz CT molecular complexity index is 61.1. The Labute approximate surface area is 132 Å². The third kappa shape index (κ3) is 416. The van der Waals surface area contributed by atoms with Crippen LogP contribution in [0.25, 0.3) is 0 Å². The van der Waals surface area contributed by atoms with Gasteiger partial charge in [-0.1, -0.05) is 0 Å². The number of rotatable bonds is 0. The predicted molar refractivity (Wildman–Crippen MR) is 35.0 cm³/mol. The summed E-state index contributed by atoms with van der Waals surface area (Å²) in [4.78, 5) is 25.6. The summed E-state index contributed by atoms with van der Waals surface area (Å²) in [5, 5.41) is 0. The summed E-state index contributed by atoms with van der Waals surface area (Å²) < 4.78 is 8.55. The van der Waals surface area contributed by atoms with Crippen LogP contribution in [-0.4, -0.2) is 55.9 Å². The zero-order chi connectivity index (χ0) is 4.50. The van der Waals surface area contributed by atoms with Crippen LogP contribution >= 0.6 is 7.82 Å². The number of hydrogen-bond acceptors (Lipinski definition) is 4. The molecule has 0 bridgehead atoms. The van der Waals surface area contributed by atoms with E-state index in [4.69, 9.17) is 19.2 Å². The fourth-order valence-electron chi connectivity index (χ4n) is 0. The average molecular weight is 266 g/mol. The Kier molecular flexibility index (Phi) is 223. The van der Waals surface area contributed by atoms with Gasteiger partial charge < -0.3 is 52.1 Å². The normalized spacial score (nSPS) is 4.54. The smallest absolute Gasteiger partial charge is 0.822 e. The van der Waals surface area contributed by atoms with E-state index < -0.39 is 7.82 Å². The molecule has 13 heteroatoms. The largest absolute Gasteiger partial charge is 2.00 e. The fourth-order valence-corrected chi connectivity index (χ4v) is 0. The Hall–Kier alpha value is 2.27. The van der Waals surface area contributed by atoms with Crippen LogP contribution in [0.15, 0.2) is 0 Å². The maximum absolute atomic E-state index is 8.55. The number of hydrogen-bond donors (Lipinski definition) is 0. The van der Waals surface area contributed by atoms with Crippen LogP contribution in [0.1, 0.15) is 0 Å². The van der Waals surface area contributed by atoms with Crippen LogP contribution in [0.2, 0.25) is 0 Å². The molecule has 0 aromatic rings. The van der Waals surface area contributed by atoms with Gasteiger partial charge in [-0.2, -0.15) is 7.82 Å². The molecule has 80 valence electrons. The molecule has 12 N–H and O–H groups in total. The van der Waals surface area contributed by atoms with Gasteiger partial charge in [0.1, 0.15) is 0 Å². The Morgan fingerprint density at radius 3 is 0.692 bits per heavy atom. The van der Waals surface area contributed by atoms with Gasteiger partial charge in [-0.15, -0.1) is 0 Å². The summed E-state index contributed by atoms with van der Waals surface area (Å²) in [7, 11) is -5.39. The Balaban J connectivity index is -0.00000000286. The predicted octanol–water partition coefficient (Wildman–Crippen LogP) is -11.1. The first-order valence-electron chi connectivity index (χ1n) is 0.730. The second kappa shape index (κ2) is 36.7. The molecule has 10 nitrogen and oxygen atoms in total. The molecule has 0 aliphatic carbocycles. The van der Waals surface area contributed by atoms with Crippen molar-refractivity contribution in [2.75, 3.05) is 0 Å². The van der Waals surface area contributed by atoms with Gasteiger partial charge >= 0.3 is 74.4 Å². The molecule has 0 saturated carbocycles. The van der Waals surface area contributed by atoms with E-state index in [0.29, 0.717) is 0 Å². The SMILES string of the molecule is O.O.O.O.O.O.O=P([O-])([O-])[O-].[K+].[Mg+2]. The van der Waals surface area contributed by atoms with Gasteiger partial charge in [-0.05, 0) is 0 Å². The zero-order valence-corrected chi connectivity index (χ0v) is 12.2. The van der Waals surface area contributed by atoms with Crippen LogP contribution in [0.5, 0.6) is 0 Å². The van der Waals surface area contributed by atoms with Crippen molar-refractivity contribution in [3.05, 3.63) is 0 Å². The second-order valence-electron chi connectivity index (χ2n) is 0.447. The minimum absolute atomic E-state index is 0. The molecule has 0 aromatic carbocycles. The average Bonchev–Trinajstić information content (AvgIpc) is 0.722. The van der Waals surface area contributed by atoms with E-state index in [1.807, 2.05) is 0 Å². The van der Waals surface area contributed by atoms with Crippen molar-refractivity contribution >= 4 is 30.9 Å². The molecule has 0 rings (SSSR count). The standard InChI is InChI=1S/K.Mg.H3O4P.6H2O/c;;1-5(2,3)4;;;;;;/h;;(H3,1,2,3,4);6*1H2/q+1;+2;;;;;;;/p-3. The molecule has 0 aliphatic heterocycles. The van der Waals surface area contributed by atoms with Crippen molar-refractivity contribution in [1.29, 1.82) is 0 Å². The third-order valence-electron chi connectivity index (χ3n) is 0. The van der Waals surface area contributed by atoms with Crippen molar-refractivity contribution < 1.29 is 103 Å². The third-order valence-corrected chi connectivity index (χ3v) is 0. The zero-order valence-electron chi connectivity index (χ0n) is 6.79. The second-order valence-corrected chi connectivity index (χ2v) is 1.34. The fraction of sp³-hybridized carbons (Fsp3) is 0. The molecule has 13 heavy (non-hydrogen) atoms. The molecule has 0 atom stereocenters. The molecule has 0 saturated heterocycles. The quantitative estimate of drug-likeness (QED) is 0.304. The van der Waals surface area contributed by atoms with Crippen LogP contribution in [0.4, 0.5) is 0 Å².